The molecular weight excluding hydrogens is 396 g/mol. The fourth-order valence-electron chi connectivity index (χ4n) is 4.17. The van der Waals surface area contributed by atoms with Crippen LogP contribution in [-0.4, -0.2) is 59.4 Å². The van der Waals surface area contributed by atoms with Gasteiger partial charge in [-0.25, -0.2) is 4.98 Å². The first-order valence-corrected chi connectivity index (χ1v) is 11.4. The predicted molar refractivity (Wildman–Crippen MR) is 117 cm³/mol. The minimum absolute atomic E-state index is 0.0102. The number of hydrogen-bond acceptors (Lipinski definition) is 5. The Labute approximate surface area is 184 Å². The molecule has 0 bridgehead atoms. The van der Waals surface area contributed by atoms with E-state index in [9.17, 15) is 14.4 Å². The minimum atomic E-state index is -0.268. The highest BCUT2D eigenvalue weighted by atomic mass is 16.5. The molecule has 8 nitrogen and oxygen atoms in total. The number of ether oxygens (including phenoxy) is 1. The summed E-state index contributed by atoms with van der Waals surface area (Å²) in [6.45, 7) is 3.00. The second-order valence-corrected chi connectivity index (χ2v) is 8.58. The Balaban J connectivity index is 1.51. The van der Waals surface area contributed by atoms with Crippen molar-refractivity contribution >= 4 is 23.5 Å². The number of nitrogens with one attached hydrogen (secondary N) is 2. The highest BCUT2D eigenvalue weighted by Crippen LogP contribution is 2.18. The van der Waals surface area contributed by atoms with Crippen molar-refractivity contribution in [3.05, 3.63) is 23.9 Å². The number of rotatable bonds is 9. The van der Waals surface area contributed by atoms with E-state index in [0.717, 1.165) is 44.1 Å². The molecule has 1 aliphatic heterocycles. The van der Waals surface area contributed by atoms with Crippen LogP contribution in [0.3, 0.4) is 0 Å². The van der Waals surface area contributed by atoms with E-state index in [4.69, 9.17) is 4.74 Å². The number of carbonyl (C=O) groups is 3. The number of amides is 3. The average Bonchev–Trinajstić information content (AvgIpc) is 3.25. The first kappa shape index (κ1) is 23.2. The van der Waals surface area contributed by atoms with Gasteiger partial charge >= 0.3 is 0 Å². The van der Waals surface area contributed by atoms with Crippen LogP contribution in [0, 0.1) is 6.92 Å². The third-order valence-electron chi connectivity index (χ3n) is 5.85. The van der Waals surface area contributed by atoms with Gasteiger partial charge in [0, 0.05) is 38.2 Å². The quantitative estimate of drug-likeness (QED) is 0.627. The van der Waals surface area contributed by atoms with Crippen molar-refractivity contribution in [2.24, 2.45) is 0 Å². The molecule has 1 aromatic rings. The van der Waals surface area contributed by atoms with Crippen LogP contribution in [0.5, 0.6) is 0 Å². The van der Waals surface area contributed by atoms with E-state index in [-0.39, 0.29) is 49.3 Å². The summed E-state index contributed by atoms with van der Waals surface area (Å²) < 4.78 is 5.67. The first-order chi connectivity index (χ1) is 15.0. The summed E-state index contributed by atoms with van der Waals surface area (Å²) >= 11 is 0. The smallest absolute Gasteiger partial charge is 0.239 e. The zero-order valence-corrected chi connectivity index (χ0v) is 18.4. The van der Waals surface area contributed by atoms with Crippen molar-refractivity contribution in [2.75, 3.05) is 25.0 Å². The van der Waals surface area contributed by atoms with Crippen molar-refractivity contribution in [1.82, 2.24) is 15.2 Å². The molecule has 31 heavy (non-hydrogen) atoms. The molecule has 0 aromatic carbocycles. The fourth-order valence-corrected chi connectivity index (χ4v) is 4.17. The molecule has 3 rings (SSSR count). The lowest BCUT2D eigenvalue weighted by molar-refractivity contribution is -0.138. The zero-order chi connectivity index (χ0) is 22.1. The molecule has 0 spiro atoms. The van der Waals surface area contributed by atoms with Gasteiger partial charge in [-0.3, -0.25) is 14.4 Å². The number of anilines is 1. The van der Waals surface area contributed by atoms with Gasteiger partial charge in [-0.15, -0.1) is 0 Å². The maximum atomic E-state index is 12.9. The highest BCUT2D eigenvalue weighted by molar-refractivity contribution is 5.93. The third kappa shape index (κ3) is 7.94. The fraction of sp³-hybridized carbons (Fsp3) is 0.652. The van der Waals surface area contributed by atoms with Crippen molar-refractivity contribution in [3.8, 4) is 0 Å². The summed E-state index contributed by atoms with van der Waals surface area (Å²) in [5, 5.41) is 5.79. The van der Waals surface area contributed by atoms with Gasteiger partial charge in [0.15, 0.2) is 0 Å². The number of hydrogen-bond donors (Lipinski definition) is 2. The number of pyridine rings is 1. The number of aromatic nitrogens is 1. The molecule has 1 aromatic heterocycles. The van der Waals surface area contributed by atoms with Crippen LogP contribution in [-0.2, 0) is 19.1 Å². The number of carbonyl (C=O) groups excluding carboxylic acids is 3. The molecule has 170 valence electrons. The predicted octanol–water partition coefficient (Wildman–Crippen LogP) is 2.57. The van der Waals surface area contributed by atoms with Crippen LogP contribution in [0.15, 0.2) is 18.3 Å². The SMILES string of the molecule is Cc1ccnc(NC(=O)CCC(=O)N(CC(=O)NC2CCCCC2)C[C@H]2CCCO2)c1. The largest absolute Gasteiger partial charge is 0.376 e. The number of aryl methyl sites for hydroxylation is 1. The van der Waals surface area contributed by atoms with Gasteiger partial charge in [-0.2, -0.15) is 0 Å². The molecule has 1 saturated heterocycles. The van der Waals surface area contributed by atoms with Crippen molar-refractivity contribution in [2.45, 2.75) is 76.9 Å². The third-order valence-corrected chi connectivity index (χ3v) is 5.85. The van der Waals surface area contributed by atoms with Gasteiger partial charge in [0.05, 0.1) is 12.6 Å². The lowest BCUT2D eigenvalue weighted by atomic mass is 9.95. The van der Waals surface area contributed by atoms with E-state index in [2.05, 4.69) is 15.6 Å². The van der Waals surface area contributed by atoms with Gasteiger partial charge in [0.1, 0.15) is 5.82 Å². The molecule has 2 heterocycles. The molecule has 1 aliphatic carbocycles. The van der Waals surface area contributed by atoms with Crippen LogP contribution in [0.25, 0.3) is 0 Å². The Bertz CT molecular complexity index is 758. The van der Waals surface area contributed by atoms with Crippen LogP contribution in [0.2, 0.25) is 0 Å². The maximum absolute atomic E-state index is 12.9. The molecule has 2 N–H and O–H groups in total. The number of nitrogens with zero attached hydrogens (tertiary/aromatic N) is 2. The average molecular weight is 431 g/mol. The molecule has 2 aliphatic rings. The van der Waals surface area contributed by atoms with Crippen molar-refractivity contribution in [1.29, 1.82) is 0 Å². The van der Waals surface area contributed by atoms with Gasteiger partial charge in [0.2, 0.25) is 17.7 Å². The van der Waals surface area contributed by atoms with Crippen LogP contribution in [0.1, 0.15) is 63.4 Å². The second-order valence-electron chi connectivity index (χ2n) is 8.58. The highest BCUT2D eigenvalue weighted by Gasteiger charge is 2.26. The molecule has 1 atom stereocenters. The monoisotopic (exact) mass is 430 g/mol. The van der Waals surface area contributed by atoms with Crippen LogP contribution in [0.4, 0.5) is 5.82 Å². The normalized spacial score (nSPS) is 19.1. The molecule has 3 amide bonds. The molecular formula is C23H34N4O4. The summed E-state index contributed by atoms with van der Waals surface area (Å²) in [7, 11) is 0. The Morgan fingerprint density at radius 2 is 1.90 bits per heavy atom. The first-order valence-electron chi connectivity index (χ1n) is 11.4. The van der Waals surface area contributed by atoms with E-state index in [0.29, 0.717) is 19.0 Å². The summed E-state index contributed by atoms with van der Waals surface area (Å²) in [5.41, 5.74) is 0.994. The molecule has 0 radical (unpaired) electrons. The van der Waals surface area contributed by atoms with E-state index < -0.39 is 0 Å². The van der Waals surface area contributed by atoms with Crippen LogP contribution < -0.4 is 10.6 Å². The summed E-state index contributed by atoms with van der Waals surface area (Å²) in [6.07, 6.45) is 9.00. The van der Waals surface area contributed by atoms with Crippen molar-refractivity contribution in [3.63, 3.8) is 0 Å². The van der Waals surface area contributed by atoms with E-state index >= 15 is 0 Å². The topological polar surface area (TPSA) is 101 Å². The van der Waals surface area contributed by atoms with Crippen molar-refractivity contribution < 1.29 is 19.1 Å². The van der Waals surface area contributed by atoms with Gasteiger partial charge in [-0.05, 0) is 50.3 Å². The van der Waals surface area contributed by atoms with E-state index in [1.807, 2.05) is 13.0 Å². The maximum Gasteiger partial charge on any atom is 0.239 e. The lowest BCUT2D eigenvalue weighted by Gasteiger charge is -2.27. The summed E-state index contributed by atoms with van der Waals surface area (Å²) in [6, 6.07) is 3.83. The van der Waals surface area contributed by atoms with Gasteiger partial charge in [-0.1, -0.05) is 19.3 Å². The second kappa shape index (κ2) is 11.8. The molecule has 1 saturated carbocycles. The Hall–Kier alpha value is -2.48. The Kier molecular flexibility index (Phi) is 8.82. The lowest BCUT2D eigenvalue weighted by Crippen LogP contribution is -2.47. The Morgan fingerprint density at radius 1 is 1.10 bits per heavy atom. The molecule has 0 unspecified atom stereocenters. The van der Waals surface area contributed by atoms with Gasteiger partial charge < -0.3 is 20.3 Å². The Morgan fingerprint density at radius 3 is 2.61 bits per heavy atom. The minimum Gasteiger partial charge on any atom is -0.376 e. The molecule has 2 fully saturated rings. The van der Waals surface area contributed by atoms with Gasteiger partial charge in [0.25, 0.3) is 0 Å². The van der Waals surface area contributed by atoms with E-state index in [1.165, 1.54) is 6.42 Å². The van der Waals surface area contributed by atoms with E-state index in [1.54, 1.807) is 17.2 Å². The van der Waals surface area contributed by atoms with Crippen LogP contribution >= 0.6 is 0 Å². The summed E-state index contributed by atoms with van der Waals surface area (Å²) in [4.78, 5) is 43.4. The standard InChI is InChI=1S/C23H34N4O4/c1-17-11-12-24-20(14-17)26-21(28)9-10-23(30)27(15-19-8-5-13-31-19)16-22(29)25-18-6-3-2-4-7-18/h11-12,14,18-19H,2-10,13,15-16H2,1H3,(H,25,29)(H,24,26,28)/t19-/m1/s1. The molecule has 8 heteroatoms. The summed E-state index contributed by atoms with van der Waals surface area (Å²) in [5.74, 6) is -0.135. The zero-order valence-electron chi connectivity index (χ0n) is 18.4.